The predicted molar refractivity (Wildman–Crippen MR) is 172 cm³/mol. The number of likely N-dealkylation sites (tertiary alicyclic amines) is 2. The molecule has 0 unspecified atom stereocenters. The number of hydrogen-bond acceptors (Lipinski definition) is 6. The summed E-state index contributed by atoms with van der Waals surface area (Å²) < 4.78 is 2.01. The number of hydrogen-bond donors (Lipinski definition) is 2. The molecule has 0 spiro atoms. The lowest BCUT2D eigenvalue weighted by atomic mass is 9.63. The van der Waals surface area contributed by atoms with Crippen LogP contribution in [0.3, 0.4) is 0 Å². The number of amides is 2. The molecule has 4 heterocycles. The van der Waals surface area contributed by atoms with Gasteiger partial charge in [-0.2, -0.15) is 5.10 Å². The van der Waals surface area contributed by atoms with Gasteiger partial charge >= 0.3 is 0 Å². The van der Waals surface area contributed by atoms with Crippen molar-refractivity contribution in [2.75, 3.05) is 32.7 Å². The number of rotatable bonds is 9. The maximum Gasteiger partial charge on any atom is 0.240 e. The van der Waals surface area contributed by atoms with E-state index < -0.39 is 0 Å². The third kappa shape index (κ3) is 7.65. The highest BCUT2D eigenvalue weighted by Crippen LogP contribution is 2.47. The normalized spacial score (nSPS) is 24.2. The molecule has 2 N–H and O–H groups in total. The van der Waals surface area contributed by atoms with Gasteiger partial charge < -0.3 is 20.4 Å². The molecule has 1 aliphatic carbocycles. The summed E-state index contributed by atoms with van der Waals surface area (Å²) in [7, 11) is 0. The topological polar surface area (TPSA) is 95.4 Å². The molecule has 4 aliphatic rings. The molecule has 3 aliphatic heterocycles. The first-order chi connectivity index (χ1) is 21.5. The molecule has 0 radical (unpaired) electrons. The number of aromatic nitrogens is 3. The molecule has 240 valence electrons. The van der Waals surface area contributed by atoms with E-state index in [4.69, 9.17) is 11.6 Å². The summed E-state index contributed by atoms with van der Waals surface area (Å²) in [4.78, 5) is 35.7. The van der Waals surface area contributed by atoms with Crippen LogP contribution < -0.4 is 10.6 Å². The number of nitrogens with zero attached hydrogens (tertiary/aromatic N) is 5. The van der Waals surface area contributed by atoms with E-state index in [2.05, 4.69) is 25.6 Å². The second-order valence-electron chi connectivity index (χ2n) is 13.8. The highest BCUT2D eigenvalue weighted by Gasteiger charge is 2.44. The van der Waals surface area contributed by atoms with E-state index in [0.717, 1.165) is 89.8 Å². The van der Waals surface area contributed by atoms with Crippen molar-refractivity contribution in [2.24, 2.45) is 11.3 Å². The van der Waals surface area contributed by atoms with Crippen LogP contribution in [0.1, 0.15) is 82.6 Å². The first-order valence-corrected chi connectivity index (χ1v) is 17.5. The lowest BCUT2D eigenvalue weighted by molar-refractivity contribution is -0.138. The van der Waals surface area contributed by atoms with Crippen molar-refractivity contribution >= 4 is 23.4 Å². The Kier molecular flexibility index (Phi) is 10.5. The summed E-state index contributed by atoms with van der Waals surface area (Å²) in [5, 5.41) is 12.4. The van der Waals surface area contributed by atoms with Crippen molar-refractivity contribution < 1.29 is 9.59 Å². The molecule has 2 atom stereocenters. The Morgan fingerprint density at radius 2 is 1.66 bits per heavy atom. The third-order valence-corrected chi connectivity index (χ3v) is 11.2. The Morgan fingerprint density at radius 1 is 0.932 bits per heavy atom. The van der Waals surface area contributed by atoms with Crippen LogP contribution in [0.2, 0.25) is 5.02 Å². The van der Waals surface area contributed by atoms with Crippen LogP contribution in [-0.2, 0) is 22.6 Å². The first kappa shape index (κ1) is 31.5. The highest BCUT2D eigenvalue weighted by atomic mass is 35.5. The number of carbonyl (C=O) groups is 2. The highest BCUT2D eigenvalue weighted by molar-refractivity contribution is 6.30. The first-order valence-electron chi connectivity index (χ1n) is 17.1. The number of piperidine rings is 3. The summed E-state index contributed by atoms with van der Waals surface area (Å²) in [5.74, 6) is 1.12. The van der Waals surface area contributed by atoms with E-state index in [1.54, 1.807) is 6.33 Å². The third-order valence-electron chi connectivity index (χ3n) is 11.0. The van der Waals surface area contributed by atoms with Gasteiger partial charge in [-0.3, -0.25) is 14.3 Å². The van der Waals surface area contributed by atoms with E-state index in [1.807, 2.05) is 40.2 Å². The smallest absolute Gasteiger partial charge is 0.240 e. The molecule has 2 amide bonds. The van der Waals surface area contributed by atoms with E-state index in [1.165, 1.54) is 32.1 Å². The monoisotopic (exact) mass is 623 g/mol. The molecule has 10 heteroatoms. The fourth-order valence-electron chi connectivity index (χ4n) is 8.35. The van der Waals surface area contributed by atoms with Crippen LogP contribution in [0.15, 0.2) is 36.9 Å². The average Bonchev–Trinajstić information content (AvgIpc) is 3.59. The van der Waals surface area contributed by atoms with Crippen LogP contribution in [-0.4, -0.2) is 87.2 Å². The van der Waals surface area contributed by atoms with E-state index in [-0.39, 0.29) is 35.4 Å². The second-order valence-corrected chi connectivity index (χ2v) is 14.2. The van der Waals surface area contributed by atoms with Gasteiger partial charge in [-0.1, -0.05) is 49.4 Å². The zero-order chi connectivity index (χ0) is 30.4. The Bertz CT molecular complexity index is 1190. The molecular weight excluding hydrogens is 574 g/mol. The van der Waals surface area contributed by atoms with Gasteiger partial charge in [-0.15, -0.1) is 0 Å². The molecule has 2 aromatic rings. The molecule has 4 fully saturated rings. The Morgan fingerprint density at radius 3 is 2.32 bits per heavy atom. The van der Waals surface area contributed by atoms with Gasteiger partial charge in [0.25, 0.3) is 0 Å². The SMILES string of the molecule is O=C([C@H]1CCCCN1)N1CCC(N[C@H](Cc2ccc(Cl)cc2)C(=O)N2CCC(Cn3cncn3)(C3CCCCC3)CC2)CC1. The molecule has 3 saturated heterocycles. The standard InChI is InChI=1S/C34H50ClN7O2/c35-28-11-9-26(10-12-28)22-31(39-29-13-18-40(19-14-29)32(43)30-8-4-5-17-37-30)33(44)41-20-15-34(16-21-41,23-42-25-36-24-38-42)27-6-2-1-3-7-27/h9-12,24-25,27,29-31,37,39H,1-8,13-23H2/t30-,31-/m1/s1. The molecule has 0 bridgehead atoms. The average molecular weight is 624 g/mol. The van der Waals surface area contributed by atoms with Crippen molar-refractivity contribution in [2.45, 2.75) is 108 Å². The fourth-order valence-corrected chi connectivity index (χ4v) is 8.47. The predicted octanol–water partition coefficient (Wildman–Crippen LogP) is 4.45. The fraction of sp³-hybridized carbons (Fsp3) is 0.706. The minimum Gasteiger partial charge on any atom is -0.341 e. The van der Waals surface area contributed by atoms with E-state index >= 15 is 0 Å². The number of nitrogens with one attached hydrogen (secondary N) is 2. The summed E-state index contributed by atoms with van der Waals surface area (Å²) >= 11 is 6.19. The minimum absolute atomic E-state index is 0.0307. The van der Waals surface area contributed by atoms with Gasteiger partial charge in [0.15, 0.2) is 0 Å². The zero-order valence-electron chi connectivity index (χ0n) is 26.1. The molecule has 6 rings (SSSR count). The maximum atomic E-state index is 14.3. The number of halogens is 1. The van der Waals surface area contributed by atoms with Crippen LogP contribution in [0.4, 0.5) is 0 Å². The Hall–Kier alpha value is -2.49. The van der Waals surface area contributed by atoms with Crippen molar-refractivity contribution in [3.8, 4) is 0 Å². The molecular formula is C34H50ClN7O2. The van der Waals surface area contributed by atoms with Crippen molar-refractivity contribution in [3.63, 3.8) is 0 Å². The largest absolute Gasteiger partial charge is 0.341 e. The summed E-state index contributed by atoms with van der Waals surface area (Å²) in [6.07, 6.45) is 17.6. The lowest BCUT2D eigenvalue weighted by Gasteiger charge is -2.48. The molecule has 9 nitrogen and oxygen atoms in total. The number of benzene rings is 1. The van der Waals surface area contributed by atoms with Gasteiger partial charge in [0.05, 0.1) is 12.1 Å². The Balaban J connectivity index is 1.11. The van der Waals surface area contributed by atoms with Crippen LogP contribution in [0, 0.1) is 11.3 Å². The molecule has 1 saturated carbocycles. The van der Waals surface area contributed by atoms with E-state index in [0.29, 0.717) is 17.4 Å². The van der Waals surface area contributed by atoms with Crippen molar-refractivity contribution in [3.05, 3.63) is 47.5 Å². The lowest BCUT2D eigenvalue weighted by Crippen LogP contribution is -2.57. The van der Waals surface area contributed by atoms with Gasteiger partial charge in [0.2, 0.25) is 11.8 Å². The summed E-state index contributed by atoms with van der Waals surface area (Å²) in [6, 6.07) is 7.75. The van der Waals surface area contributed by atoms with Gasteiger partial charge in [0, 0.05) is 43.8 Å². The Labute approximate surface area is 267 Å². The van der Waals surface area contributed by atoms with Crippen LogP contribution >= 0.6 is 11.6 Å². The van der Waals surface area contributed by atoms with Crippen LogP contribution in [0.5, 0.6) is 0 Å². The summed E-state index contributed by atoms with van der Waals surface area (Å²) in [5.41, 5.74) is 1.27. The van der Waals surface area contributed by atoms with Crippen molar-refractivity contribution in [1.29, 1.82) is 0 Å². The van der Waals surface area contributed by atoms with Gasteiger partial charge in [0.1, 0.15) is 12.7 Å². The van der Waals surface area contributed by atoms with E-state index in [9.17, 15) is 9.59 Å². The van der Waals surface area contributed by atoms with Crippen molar-refractivity contribution in [1.82, 2.24) is 35.2 Å². The molecule has 44 heavy (non-hydrogen) atoms. The minimum atomic E-state index is -0.305. The summed E-state index contributed by atoms with van der Waals surface area (Å²) in [6.45, 7) is 4.87. The van der Waals surface area contributed by atoms with Gasteiger partial charge in [-0.05, 0) is 93.4 Å². The quantitative estimate of drug-likeness (QED) is 0.429. The van der Waals surface area contributed by atoms with Crippen LogP contribution in [0.25, 0.3) is 0 Å². The molecule has 1 aromatic carbocycles. The molecule has 1 aromatic heterocycles. The second kappa shape index (κ2) is 14.7. The zero-order valence-corrected chi connectivity index (χ0v) is 26.9. The maximum absolute atomic E-state index is 14.3. The van der Waals surface area contributed by atoms with Gasteiger partial charge in [-0.25, -0.2) is 4.98 Å². The number of carbonyl (C=O) groups excluding carboxylic acids is 2.